The number of hydrogen-bond acceptors (Lipinski definition) is 5. The van der Waals surface area contributed by atoms with Crippen molar-refractivity contribution >= 4 is 23.1 Å². The van der Waals surface area contributed by atoms with Crippen LogP contribution in [0.4, 0.5) is 36.3 Å². The number of para-hydroxylation sites is 2. The van der Waals surface area contributed by atoms with E-state index >= 15 is 0 Å². The van der Waals surface area contributed by atoms with Gasteiger partial charge in [-0.25, -0.2) is 4.98 Å². The first-order valence-corrected chi connectivity index (χ1v) is 10.6. The minimum absolute atomic E-state index is 0.0593. The Morgan fingerprint density at radius 2 is 1.72 bits per heavy atom. The van der Waals surface area contributed by atoms with Crippen molar-refractivity contribution < 1.29 is 17.9 Å². The minimum atomic E-state index is -4.62. The van der Waals surface area contributed by atoms with Crippen LogP contribution in [0.25, 0.3) is 0 Å². The third-order valence-corrected chi connectivity index (χ3v) is 4.63. The molecule has 3 rings (SSSR count). The van der Waals surface area contributed by atoms with Crippen LogP contribution in [-0.2, 0) is 12.6 Å². The van der Waals surface area contributed by atoms with E-state index < -0.39 is 11.7 Å². The van der Waals surface area contributed by atoms with E-state index in [-0.39, 0.29) is 17.9 Å². The lowest BCUT2D eigenvalue weighted by molar-refractivity contribution is -0.137. The van der Waals surface area contributed by atoms with Gasteiger partial charge in [-0.1, -0.05) is 37.6 Å². The summed E-state index contributed by atoms with van der Waals surface area (Å²) < 4.78 is 46.5. The van der Waals surface area contributed by atoms with Crippen molar-refractivity contribution in [2.45, 2.75) is 52.3 Å². The second kappa shape index (κ2) is 10.3. The van der Waals surface area contributed by atoms with Crippen molar-refractivity contribution in [1.29, 1.82) is 0 Å². The van der Waals surface area contributed by atoms with Gasteiger partial charge < -0.3 is 15.4 Å². The molecule has 3 aromatic rings. The SMILES string of the molecule is CCCCc1ccc(Nc2ncc(C(F)(F)F)c(Nc3ccccc3OC(C)C)n2)cc1. The summed E-state index contributed by atoms with van der Waals surface area (Å²) in [6.45, 7) is 5.83. The number of aryl methyl sites for hydroxylation is 1. The van der Waals surface area contributed by atoms with E-state index in [9.17, 15) is 13.2 Å². The Balaban J connectivity index is 1.88. The maximum Gasteiger partial charge on any atom is 0.421 e. The maximum absolute atomic E-state index is 13.6. The van der Waals surface area contributed by atoms with Gasteiger partial charge in [-0.15, -0.1) is 0 Å². The Morgan fingerprint density at radius 1 is 1.00 bits per heavy atom. The molecule has 1 heterocycles. The molecule has 2 N–H and O–H groups in total. The number of rotatable bonds is 9. The number of nitrogens with zero attached hydrogens (tertiary/aromatic N) is 2. The summed E-state index contributed by atoms with van der Waals surface area (Å²) in [5.41, 5.74) is 1.32. The van der Waals surface area contributed by atoms with Crippen LogP contribution >= 0.6 is 0 Å². The highest BCUT2D eigenvalue weighted by Crippen LogP contribution is 2.37. The van der Waals surface area contributed by atoms with E-state index in [1.54, 1.807) is 24.3 Å². The summed E-state index contributed by atoms with van der Waals surface area (Å²) in [4.78, 5) is 7.99. The zero-order chi connectivity index (χ0) is 23.1. The van der Waals surface area contributed by atoms with Crippen molar-refractivity contribution in [3.63, 3.8) is 0 Å². The van der Waals surface area contributed by atoms with Gasteiger partial charge in [0.1, 0.15) is 17.1 Å². The summed E-state index contributed by atoms with van der Waals surface area (Å²) in [5.74, 6) is 0.143. The number of benzene rings is 2. The number of alkyl halides is 3. The highest BCUT2D eigenvalue weighted by molar-refractivity contribution is 5.67. The van der Waals surface area contributed by atoms with Gasteiger partial charge in [0.2, 0.25) is 5.95 Å². The standard InChI is InChI=1S/C24H27F3N4O/c1-4-5-8-17-11-13-18(14-12-17)29-23-28-15-19(24(25,26)27)22(31-23)30-20-9-6-7-10-21(20)32-16(2)3/h6-7,9-16H,4-5,8H2,1-3H3,(H2,28,29,30,31). The Morgan fingerprint density at radius 3 is 2.38 bits per heavy atom. The molecule has 0 amide bonds. The molecule has 1 aromatic heterocycles. The Labute approximate surface area is 186 Å². The van der Waals surface area contributed by atoms with E-state index in [1.807, 2.05) is 38.1 Å². The zero-order valence-electron chi connectivity index (χ0n) is 18.3. The average molecular weight is 445 g/mol. The Bertz CT molecular complexity index is 1020. The van der Waals surface area contributed by atoms with Crippen molar-refractivity contribution in [2.75, 3.05) is 10.6 Å². The number of anilines is 4. The lowest BCUT2D eigenvalue weighted by Crippen LogP contribution is -2.13. The summed E-state index contributed by atoms with van der Waals surface area (Å²) in [5, 5.41) is 5.75. The lowest BCUT2D eigenvalue weighted by Gasteiger charge is -2.18. The van der Waals surface area contributed by atoms with E-state index in [0.29, 0.717) is 17.1 Å². The van der Waals surface area contributed by atoms with Gasteiger partial charge in [-0.2, -0.15) is 18.2 Å². The number of unbranched alkanes of at least 4 members (excludes halogenated alkanes) is 1. The third-order valence-electron chi connectivity index (χ3n) is 4.63. The number of halogens is 3. The van der Waals surface area contributed by atoms with Crippen LogP contribution in [-0.4, -0.2) is 16.1 Å². The molecule has 0 aliphatic rings. The van der Waals surface area contributed by atoms with E-state index in [0.717, 1.165) is 25.5 Å². The fourth-order valence-corrected chi connectivity index (χ4v) is 3.06. The van der Waals surface area contributed by atoms with Crippen molar-refractivity contribution in [1.82, 2.24) is 9.97 Å². The smallest absolute Gasteiger partial charge is 0.421 e. The summed E-state index contributed by atoms with van der Waals surface area (Å²) in [6, 6.07) is 14.5. The molecule has 0 radical (unpaired) electrons. The van der Waals surface area contributed by atoms with Crippen LogP contribution in [0.15, 0.2) is 54.7 Å². The monoisotopic (exact) mass is 444 g/mol. The second-order valence-corrected chi connectivity index (χ2v) is 7.67. The predicted molar refractivity (Wildman–Crippen MR) is 121 cm³/mol. The van der Waals surface area contributed by atoms with Gasteiger partial charge in [0.15, 0.2) is 0 Å². The molecule has 0 saturated carbocycles. The molecule has 32 heavy (non-hydrogen) atoms. The molecule has 0 aliphatic carbocycles. The fraction of sp³-hybridized carbons (Fsp3) is 0.333. The molecule has 0 atom stereocenters. The Kier molecular flexibility index (Phi) is 7.56. The molecule has 5 nitrogen and oxygen atoms in total. The maximum atomic E-state index is 13.6. The third kappa shape index (κ3) is 6.35. The molecule has 2 aromatic carbocycles. The van der Waals surface area contributed by atoms with Gasteiger partial charge in [-0.05, 0) is 56.5 Å². The van der Waals surface area contributed by atoms with Crippen LogP contribution < -0.4 is 15.4 Å². The summed E-state index contributed by atoms with van der Waals surface area (Å²) >= 11 is 0. The van der Waals surface area contributed by atoms with Crippen LogP contribution in [0.2, 0.25) is 0 Å². The highest BCUT2D eigenvalue weighted by Gasteiger charge is 2.35. The first-order valence-electron chi connectivity index (χ1n) is 10.6. The molecule has 0 unspecified atom stereocenters. The molecule has 0 fully saturated rings. The molecule has 8 heteroatoms. The van der Waals surface area contributed by atoms with Crippen molar-refractivity contribution in [3.8, 4) is 5.75 Å². The molecule has 0 saturated heterocycles. The predicted octanol–water partition coefficient (Wildman–Crippen LogP) is 7.11. The minimum Gasteiger partial charge on any atom is -0.489 e. The van der Waals surface area contributed by atoms with Crippen LogP contribution in [0.5, 0.6) is 5.75 Å². The van der Waals surface area contributed by atoms with Crippen LogP contribution in [0.3, 0.4) is 0 Å². The topological polar surface area (TPSA) is 59.1 Å². The average Bonchev–Trinajstić information content (AvgIpc) is 2.74. The molecule has 0 bridgehead atoms. The number of nitrogens with one attached hydrogen (secondary N) is 2. The van der Waals surface area contributed by atoms with Crippen LogP contribution in [0.1, 0.15) is 44.7 Å². The van der Waals surface area contributed by atoms with Gasteiger partial charge in [0.05, 0.1) is 11.8 Å². The van der Waals surface area contributed by atoms with E-state index in [2.05, 4.69) is 27.5 Å². The molecule has 0 spiro atoms. The molecular weight excluding hydrogens is 417 g/mol. The van der Waals surface area contributed by atoms with E-state index in [1.165, 1.54) is 5.56 Å². The molecule has 170 valence electrons. The number of ether oxygens (including phenoxy) is 1. The molecule has 0 aliphatic heterocycles. The lowest BCUT2D eigenvalue weighted by atomic mass is 10.1. The first-order chi connectivity index (χ1) is 15.3. The normalized spacial score (nSPS) is 11.5. The van der Waals surface area contributed by atoms with Crippen molar-refractivity contribution in [2.24, 2.45) is 0 Å². The second-order valence-electron chi connectivity index (χ2n) is 7.67. The van der Waals surface area contributed by atoms with Gasteiger partial charge in [0.25, 0.3) is 0 Å². The Hall–Kier alpha value is -3.29. The first kappa shape index (κ1) is 23.4. The summed E-state index contributed by atoms with van der Waals surface area (Å²) in [7, 11) is 0. The van der Waals surface area contributed by atoms with Gasteiger partial charge in [0, 0.05) is 11.9 Å². The van der Waals surface area contributed by atoms with Gasteiger partial charge >= 0.3 is 6.18 Å². The van der Waals surface area contributed by atoms with Crippen molar-refractivity contribution in [3.05, 3.63) is 65.9 Å². The van der Waals surface area contributed by atoms with Gasteiger partial charge in [-0.3, -0.25) is 0 Å². The quantitative estimate of drug-likeness (QED) is 0.368. The zero-order valence-corrected chi connectivity index (χ0v) is 18.3. The van der Waals surface area contributed by atoms with Crippen LogP contribution in [0, 0.1) is 0 Å². The largest absolute Gasteiger partial charge is 0.489 e. The number of hydrogen-bond donors (Lipinski definition) is 2. The molecular formula is C24H27F3N4O. The number of aromatic nitrogens is 2. The fourth-order valence-electron chi connectivity index (χ4n) is 3.06. The summed E-state index contributed by atoms with van der Waals surface area (Å²) in [6.07, 6.45) is -0.774. The highest BCUT2D eigenvalue weighted by atomic mass is 19.4. The van der Waals surface area contributed by atoms with E-state index in [4.69, 9.17) is 4.74 Å².